The molecule has 0 radical (unpaired) electrons. The van der Waals surface area contributed by atoms with Gasteiger partial charge in [0.05, 0.1) is 7.11 Å². The van der Waals surface area contributed by atoms with Gasteiger partial charge in [0, 0.05) is 25.6 Å². The number of Topliss-reactive ketones (excluding diaryl/α,β-unsaturated/α-hetero) is 1. The van der Waals surface area contributed by atoms with Crippen LogP contribution in [0.1, 0.15) is 16.8 Å². The number of carbonyl (C=O) groups is 1. The molecule has 0 saturated carbocycles. The Bertz CT molecular complexity index is 341. The number of hydroxylamine groups is 2. The Labute approximate surface area is 88.4 Å². The van der Waals surface area contributed by atoms with Gasteiger partial charge in [-0.2, -0.15) is 5.06 Å². The number of carbonyl (C=O) groups excluding carboxylic acids is 1. The van der Waals surface area contributed by atoms with Crippen molar-refractivity contribution in [3.05, 3.63) is 35.6 Å². The van der Waals surface area contributed by atoms with E-state index in [1.54, 1.807) is 18.2 Å². The summed E-state index contributed by atoms with van der Waals surface area (Å²) < 4.78 is 12.8. The molecule has 15 heavy (non-hydrogen) atoms. The van der Waals surface area contributed by atoms with Crippen molar-refractivity contribution in [2.24, 2.45) is 0 Å². The van der Waals surface area contributed by atoms with Crippen molar-refractivity contribution in [1.29, 1.82) is 0 Å². The topological polar surface area (TPSA) is 29.5 Å². The van der Waals surface area contributed by atoms with E-state index in [0.717, 1.165) is 0 Å². The second-order valence-electron chi connectivity index (χ2n) is 3.22. The molecule has 4 heteroatoms. The molecular weight excluding hydrogens is 197 g/mol. The number of benzene rings is 1. The predicted octanol–water partition coefficient (Wildman–Crippen LogP) is 1.89. The first-order chi connectivity index (χ1) is 7.13. The number of rotatable bonds is 5. The third-order valence-corrected chi connectivity index (χ3v) is 2.11. The summed E-state index contributed by atoms with van der Waals surface area (Å²) >= 11 is 0. The van der Waals surface area contributed by atoms with Gasteiger partial charge in [-0.15, -0.1) is 0 Å². The highest BCUT2D eigenvalue weighted by molar-refractivity contribution is 5.96. The van der Waals surface area contributed by atoms with E-state index in [1.165, 1.54) is 25.3 Å². The van der Waals surface area contributed by atoms with Crippen LogP contribution in [0.4, 0.5) is 4.39 Å². The Hall–Kier alpha value is -1.26. The van der Waals surface area contributed by atoms with Gasteiger partial charge in [0.2, 0.25) is 0 Å². The molecule has 1 aromatic carbocycles. The molecule has 0 amide bonds. The van der Waals surface area contributed by atoms with Crippen molar-refractivity contribution >= 4 is 5.78 Å². The van der Waals surface area contributed by atoms with Crippen molar-refractivity contribution in [3.8, 4) is 0 Å². The highest BCUT2D eigenvalue weighted by atomic mass is 19.1. The van der Waals surface area contributed by atoms with Gasteiger partial charge < -0.3 is 4.84 Å². The van der Waals surface area contributed by atoms with E-state index in [0.29, 0.717) is 18.5 Å². The maximum absolute atomic E-state index is 12.8. The lowest BCUT2D eigenvalue weighted by Gasteiger charge is -2.12. The Balaban J connectivity index is 2.54. The van der Waals surface area contributed by atoms with E-state index < -0.39 is 0 Å². The van der Waals surface area contributed by atoms with E-state index in [-0.39, 0.29) is 11.6 Å². The van der Waals surface area contributed by atoms with Crippen LogP contribution in [0.5, 0.6) is 0 Å². The van der Waals surface area contributed by atoms with Crippen molar-refractivity contribution in [3.63, 3.8) is 0 Å². The molecule has 3 nitrogen and oxygen atoms in total. The van der Waals surface area contributed by atoms with Crippen LogP contribution in [0.2, 0.25) is 0 Å². The quantitative estimate of drug-likeness (QED) is 0.550. The maximum Gasteiger partial charge on any atom is 0.164 e. The minimum Gasteiger partial charge on any atom is -0.303 e. The molecule has 0 heterocycles. The van der Waals surface area contributed by atoms with Gasteiger partial charge in [-0.1, -0.05) is 12.1 Å². The van der Waals surface area contributed by atoms with Gasteiger partial charge >= 0.3 is 0 Å². The number of halogens is 1. The van der Waals surface area contributed by atoms with Crippen LogP contribution in [-0.2, 0) is 4.84 Å². The molecule has 0 spiro atoms. The van der Waals surface area contributed by atoms with E-state index in [2.05, 4.69) is 0 Å². The summed E-state index contributed by atoms with van der Waals surface area (Å²) in [6.45, 7) is 0.492. The van der Waals surface area contributed by atoms with Crippen LogP contribution in [-0.4, -0.2) is 31.5 Å². The third-order valence-electron chi connectivity index (χ3n) is 2.11. The normalized spacial score (nSPS) is 10.7. The zero-order valence-electron chi connectivity index (χ0n) is 8.87. The molecular formula is C11H14FNO2. The summed E-state index contributed by atoms with van der Waals surface area (Å²) in [5.74, 6) is -0.473. The zero-order chi connectivity index (χ0) is 11.3. The third kappa shape index (κ3) is 3.77. The van der Waals surface area contributed by atoms with Crippen LogP contribution < -0.4 is 0 Å². The summed E-state index contributed by atoms with van der Waals surface area (Å²) in [4.78, 5) is 16.4. The van der Waals surface area contributed by atoms with Gasteiger partial charge in [-0.05, 0) is 12.1 Å². The first-order valence-corrected chi connectivity index (χ1v) is 4.67. The number of hydrogen-bond acceptors (Lipinski definition) is 3. The van der Waals surface area contributed by atoms with Gasteiger partial charge in [0.25, 0.3) is 0 Å². The fourth-order valence-corrected chi connectivity index (χ4v) is 1.16. The number of nitrogens with zero attached hydrogens (tertiary/aromatic N) is 1. The number of hydrogen-bond donors (Lipinski definition) is 0. The molecule has 0 aliphatic rings. The first-order valence-electron chi connectivity index (χ1n) is 4.67. The molecule has 0 aliphatic carbocycles. The van der Waals surface area contributed by atoms with Gasteiger partial charge in [0.1, 0.15) is 5.82 Å². The summed E-state index contributed by atoms with van der Waals surface area (Å²) in [6, 6.07) is 5.70. The summed E-state index contributed by atoms with van der Waals surface area (Å²) in [5, 5.41) is 1.55. The molecule has 0 aliphatic heterocycles. The van der Waals surface area contributed by atoms with Gasteiger partial charge in [0.15, 0.2) is 5.78 Å². The molecule has 0 aromatic heterocycles. The lowest BCUT2D eigenvalue weighted by molar-refractivity contribution is -0.107. The second kappa shape index (κ2) is 5.58. The molecule has 0 fully saturated rings. The van der Waals surface area contributed by atoms with Crippen LogP contribution in [0, 0.1) is 5.82 Å². The van der Waals surface area contributed by atoms with Crippen molar-refractivity contribution in [1.82, 2.24) is 5.06 Å². The average molecular weight is 211 g/mol. The van der Waals surface area contributed by atoms with Crippen LogP contribution in [0.15, 0.2) is 24.3 Å². The largest absolute Gasteiger partial charge is 0.303 e. The summed E-state index contributed by atoms with van der Waals surface area (Å²) in [5.41, 5.74) is 0.402. The van der Waals surface area contributed by atoms with Crippen LogP contribution >= 0.6 is 0 Å². The molecule has 0 unspecified atom stereocenters. The smallest absolute Gasteiger partial charge is 0.164 e. The van der Waals surface area contributed by atoms with Gasteiger partial charge in [-0.25, -0.2) is 4.39 Å². The van der Waals surface area contributed by atoms with E-state index in [4.69, 9.17) is 4.84 Å². The van der Waals surface area contributed by atoms with Crippen molar-refractivity contribution in [2.45, 2.75) is 6.42 Å². The molecule has 0 saturated heterocycles. The average Bonchev–Trinajstić information content (AvgIpc) is 2.25. The van der Waals surface area contributed by atoms with E-state index in [1.807, 2.05) is 0 Å². The van der Waals surface area contributed by atoms with Crippen molar-refractivity contribution in [2.75, 3.05) is 20.7 Å². The highest BCUT2D eigenvalue weighted by Gasteiger charge is 2.07. The first kappa shape index (κ1) is 11.8. The molecule has 0 atom stereocenters. The minimum absolute atomic E-state index is 0.0848. The van der Waals surface area contributed by atoms with E-state index >= 15 is 0 Å². The fraction of sp³-hybridized carbons (Fsp3) is 0.364. The Kier molecular flexibility index (Phi) is 4.39. The predicted molar refractivity (Wildman–Crippen MR) is 55.0 cm³/mol. The zero-order valence-corrected chi connectivity index (χ0v) is 8.87. The Morgan fingerprint density at radius 3 is 2.87 bits per heavy atom. The Morgan fingerprint density at radius 1 is 1.53 bits per heavy atom. The fourth-order valence-electron chi connectivity index (χ4n) is 1.16. The molecule has 82 valence electrons. The molecule has 1 aromatic rings. The van der Waals surface area contributed by atoms with Gasteiger partial charge in [-0.3, -0.25) is 4.79 Å². The highest BCUT2D eigenvalue weighted by Crippen LogP contribution is 2.06. The minimum atomic E-state index is -0.388. The molecule has 1 rings (SSSR count). The molecule has 0 N–H and O–H groups in total. The standard InChI is InChI=1S/C11H14FNO2/c1-13(15-2)7-6-11(14)9-4-3-5-10(12)8-9/h3-5,8H,6-7H2,1-2H3. The maximum atomic E-state index is 12.8. The lowest BCUT2D eigenvalue weighted by atomic mass is 10.1. The van der Waals surface area contributed by atoms with Crippen LogP contribution in [0.25, 0.3) is 0 Å². The van der Waals surface area contributed by atoms with Crippen molar-refractivity contribution < 1.29 is 14.0 Å². The summed E-state index contributed by atoms with van der Waals surface area (Å²) in [6.07, 6.45) is 0.313. The monoisotopic (exact) mass is 211 g/mol. The lowest BCUT2D eigenvalue weighted by Crippen LogP contribution is -2.20. The molecule has 0 bridgehead atoms. The van der Waals surface area contributed by atoms with Crippen LogP contribution in [0.3, 0.4) is 0 Å². The van der Waals surface area contributed by atoms with E-state index in [9.17, 15) is 9.18 Å². The summed E-state index contributed by atoms with van der Waals surface area (Å²) in [7, 11) is 3.27. The Morgan fingerprint density at radius 2 is 2.27 bits per heavy atom. The number of ketones is 1. The SMILES string of the molecule is CON(C)CCC(=O)c1cccc(F)c1. The second-order valence-corrected chi connectivity index (χ2v) is 3.22.